The summed E-state index contributed by atoms with van der Waals surface area (Å²) in [5.41, 5.74) is 0.609. The minimum absolute atomic E-state index is 0.106. The van der Waals surface area contributed by atoms with Crippen LogP contribution in [0.15, 0.2) is 54.6 Å². The summed E-state index contributed by atoms with van der Waals surface area (Å²) >= 11 is 0. The van der Waals surface area contributed by atoms with Crippen molar-refractivity contribution >= 4 is 17.5 Å². The summed E-state index contributed by atoms with van der Waals surface area (Å²) in [6, 6.07) is 16.3. The van der Waals surface area contributed by atoms with Crippen LogP contribution in [0.4, 0.5) is 5.69 Å². The molecule has 0 unspecified atom stereocenters. The van der Waals surface area contributed by atoms with Crippen molar-refractivity contribution in [3.05, 3.63) is 54.6 Å². The first-order chi connectivity index (χ1) is 13.1. The lowest BCUT2D eigenvalue weighted by molar-refractivity contribution is -0.123. The fourth-order valence-electron chi connectivity index (χ4n) is 3.97. The highest BCUT2D eigenvalue weighted by atomic mass is 16.5. The fraction of sp³-hybridized carbons (Fsp3) is 0.364. The van der Waals surface area contributed by atoms with Gasteiger partial charge in [-0.15, -0.1) is 0 Å². The molecular formula is C22H24N2O3. The third-order valence-electron chi connectivity index (χ3n) is 5.33. The molecule has 0 N–H and O–H groups in total. The lowest BCUT2D eigenvalue weighted by Gasteiger charge is -2.34. The molecule has 5 nitrogen and oxygen atoms in total. The molecule has 2 aliphatic heterocycles. The summed E-state index contributed by atoms with van der Waals surface area (Å²) < 4.78 is 5.78. The fourth-order valence-corrected chi connectivity index (χ4v) is 3.97. The van der Waals surface area contributed by atoms with Gasteiger partial charge in [-0.2, -0.15) is 0 Å². The van der Waals surface area contributed by atoms with Crippen LogP contribution in [0.25, 0.3) is 0 Å². The smallest absolute Gasteiger partial charge is 0.251 e. The normalized spacial score (nSPS) is 23.7. The number of para-hydroxylation sites is 1. The van der Waals surface area contributed by atoms with Crippen LogP contribution in [0.5, 0.6) is 11.5 Å². The topological polar surface area (TPSA) is 49.9 Å². The zero-order valence-corrected chi connectivity index (χ0v) is 15.5. The van der Waals surface area contributed by atoms with Crippen molar-refractivity contribution in [1.82, 2.24) is 4.90 Å². The average molecular weight is 364 g/mol. The second kappa shape index (κ2) is 7.53. The van der Waals surface area contributed by atoms with Gasteiger partial charge in [-0.05, 0) is 61.7 Å². The van der Waals surface area contributed by atoms with Crippen LogP contribution in [0.3, 0.4) is 0 Å². The number of anilines is 1. The Labute approximate surface area is 159 Å². The molecule has 0 aromatic heterocycles. The van der Waals surface area contributed by atoms with E-state index in [0.29, 0.717) is 17.4 Å². The number of amides is 2. The standard InChI is InChI=1S/C22H24N2O3/c1-16-6-5-13-23(15-16)20-14-21(25)24(22(20)26)17-9-11-19(12-10-17)27-18-7-3-2-4-8-18/h2-4,7-12,16,20H,5-6,13-15H2,1H3/t16-,20+/m1/s1. The number of carbonyl (C=O) groups is 2. The summed E-state index contributed by atoms with van der Waals surface area (Å²) in [5, 5.41) is 0. The molecule has 5 heteroatoms. The highest BCUT2D eigenvalue weighted by Gasteiger charge is 2.43. The number of ether oxygens (including phenoxy) is 1. The van der Waals surface area contributed by atoms with Gasteiger partial charge in [0.2, 0.25) is 5.91 Å². The van der Waals surface area contributed by atoms with Gasteiger partial charge in [0.25, 0.3) is 5.91 Å². The zero-order chi connectivity index (χ0) is 18.8. The first-order valence-corrected chi connectivity index (χ1v) is 9.55. The van der Waals surface area contributed by atoms with Crippen LogP contribution in [0, 0.1) is 5.92 Å². The van der Waals surface area contributed by atoms with Crippen molar-refractivity contribution in [3.8, 4) is 11.5 Å². The number of piperidine rings is 1. The van der Waals surface area contributed by atoms with Crippen LogP contribution in [0.2, 0.25) is 0 Å². The van der Waals surface area contributed by atoms with Crippen LogP contribution in [-0.2, 0) is 9.59 Å². The van der Waals surface area contributed by atoms with Crippen LogP contribution in [0.1, 0.15) is 26.2 Å². The summed E-state index contributed by atoms with van der Waals surface area (Å²) in [6.07, 6.45) is 2.55. The Kier molecular flexibility index (Phi) is 4.94. The van der Waals surface area contributed by atoms with Crippen LogP contribution < -0.4 is 9.64 Å². The van der Waals surface area contributed by atoms with Crippen molar-refractivity contribution < 1.29 is 14.3 Å². The monoisotopic (exact) mass is 364 g/mol. The molecule has 0 spiro atoms. The van der Waals surface area contributed by atoms with E-state index in [-0.39, 0.29) is 24.3 Å². The minimum atomic E-state index is -0.319. The van der Waals surface area contributed by atoms with Crippen molar-refractivity contribution in [2.24, 2.45) is 5.92 Å². The van der Waals surface area contributed by atoms with Crippen molar-refractivity contribution in [2.75, 3.05) is 18.0 Å². The van der Waals surface area contributed by atoms with E-state index in [0.717, 1.165) is 25.3 Å². The third-order valence-corrected chi connectivity index (χ3v) is 5.33. The van der Waals surface area contributed by atoms with E-state index >= 15 is 0 Å². The number of hydrogen-bond donors (Lipinski definition) is 0. The van der Waals surface area contributed by atoms with Crippen LogP contribution in [-0.4, -0.2) is 35.8 Å². The average Bonchev–Trinajstić information content (AvgIpc) is 2.98. The molecular weight excluding hydrogens is 340 g/mol. The van der Waals surface area contributed by atoms with Crippen molar-refractivity contribution in [1.29, 1.82) is 0 Å². The van der Waals surface area contributed by atoms with E-state index in [1.165, 1.54) is 11.3 Å². The van der Waals surface area contributed by atoms with Gasteiger partial charge in [0.05, 0.1) is 18.2 Å². The summed E-state index contributed by atoms with van der Waals surface area (Å²) in [4.78, 5) is 29.0. The van der Waals surface area contributed by atoms with Crippen molar-refractivity contribution in [2.45, 2.75) is 32.2 Å². The Bertz CT molecular complexity index is 819. The highest BCUT2D eigenvalue weighted by molar-refractivity contribution is 6.22. The second-order valence-electron chi connectivity index (χ2n) is 7.44. The lowest BCUT2D eigenvalue weighted by Crippen LogP contribution is -2.46. The number of rotatable bonds is 4. The number of nitrogens with zero attached hydrogens (tertiary/aromatic N) is 2. The number of hydrogen-bond acceptors (Lipinski definition) is 4. The Hall–Kier alpha value is -2.66. The van der Waals surface area contributed by atoms with Gasteiger partial charge >= 0.3 is 0 Å². The third kappa shape index (κ3) is 3.74. The molecule has 2 aliphatic rings. The molecule has 27 heavy (non-hydrogen) atoms. The molecule has 0 radical (unpaired) electrons. The Balaban J connectivity index is 1.48. The number of likely N-dealkylation sites (tertiary alicyclic amines) is 1. The molecule has 2 amide bonds. The van der Waals surface area contributed by atoms with Gasteiger partial charge in [-0.1, -0.05) is 25.1 Å². The first-order valence-electron chi connectivity index (χ1n) is 9.55. The van der Waals surface area contributed by atoms with E-state index in [9.17, 15) is 9.59 Å². The van der Waals surface area contributed by atoms with E-state index < -0.39 is 0 Å². The minimum Gasteiger partial charge on any atom is -0.457 e. The predicted octanol–water partition coefficient (Wildman–Crippen LogP) is 3.84. The van der Waals surface area contributed by atoms with Gasteiger partial charge in [0.1, 0.15) is 11.5 Å². The lowest BCUT2D eigenvalue weighted by atomic mass is 9.98. The maximum atomic E-state index is 12.9. The number of benzene rings is 2. The summed E-state index contributed by atoms with van der Waals surface area (Å²) in [7, 11) is 0. The molecule has 0 saturated carbocycles. The zero-order valence-electron chi connectivity index (χ0n) is 15.5. The molecule has 2 saturated heterocycles. The first kappa shape index (κ1) is 17.7. The van der Waals surface area contributed by atoms with E-state index in [4.69, 9.17) is 4.74 Å². The molecule has 140 valence electrons. The molecule has 2 aromatic carbocycles. The summed E-state index contributed by atoms with van der Waals surface area (Å²) in [5.74, 6) is 1.76. The second-order valence-corrected chi connectivity index (χ2v) is 7.44. The van der Waals surface area contributed by atoms with Gasteiger partial charge in [-0.3, -0.25) is 14.5 Å². The molecule has 0 bridgehead atoms. The van der Waals surface area contributed by atoms with Gasteiger partial charge in [0.15, 0.2) is 0 Å². The van der Waals surface area contributed by atoms with E-state index in [1.54, 1.807) is 24.3 Å². The SMILES string of the molecule is C[C@@H]1CCCN([C@H]2CC(=O)N(c3ccc(Oc4ccccc4)cc3)C2=O)C1. The van der Waals surface area contributed by atoms with Gasteiger partial charge in [0, 0.05) is 6.54 Å². The molecule has 2 aromatic rings. The Morgan fingerprint density at radius 3 is 2.37 bits per heavy atom. The highest BCUT2D eigenvalue weighted by Crippen LogP contribution is 2.30. The van der Waals surface area contributed by atoms with Crippen LogP contribution >= 0.6 is 0 Å². The number of imide groups is 1. The maximum Gasteiger partial charge on any atom is 0.251 e. The summed E-state index contributed by atoms with van der Waals surface area (Å²) in [6.45, 7) is 3.99. The van der Waals surface area contributed by atoms with Gasteiger partial charge in [-0.25, -0.2) is 4.90 Å². The molecule has 2 atom stereocenters. The molecule has 2 heterocycles. The van der Waals surface area contributed by atoms with Crippen molar-refractivity contribution in [3.63, 3.8) is 0 Å². The number of carbonyl (C=O) groups excluding carboxylic acids is 2. The predicted molar refractivity (Wildman–Crippen MR) is 104 cm³/mol. The van der Waals surface area contributed by atoms with E-state index in [2.05, 4.69) is 11.8 Å². The molecule has 4 rings (SSSR count). The van der Waals surface area contributed by atoms with E-state index in [1.807, 2.05) is 30.3 Å². The maximum absolute atomic E-state index is 12.9. The molecule has 2 fully saturated rings. The quantitative estimate of drug-likeness (QED) is 0.774. The molecule has 0 aliphatic carbocycles. The largest absolute Gasteiger partial charge is 0.457 e. The Morgan fingerprint density at radius 1 is 0.963 bits per heavy atom. The van der Waals surface area contributed by atoms with Gasteiger partial charge < -0.3 is 4.74 Å². The Morgan fingerprint density at radius 2 is 1.67 bits per heavy atom.